The third-order valence-corrected chi connectivity index (χ3v) is 4.59. The Bertz CT molecular complexity index is 414. The number of aryl methyl sites for hydroxylation is 2. The highest BCUT2D eigenvalue weighted by atomic mass is 32.2. The largest absolute Gasteiger partial charge is 0.396 e. The van der Waals surface area contributed by atoms with Crippen molar-refractivity contribution < 1.29 is 9.32 Å². The predicted octanol–water partition coefficient (Wildman–Crippen LogP) is 2.30. The van der Waals surface area contributed by atoms with Crippen LogP contribution in [0.1, 0.15) is 36.5 Å². The Kier molecular flexibility index (Phi) is 8.04. The normalized spacial score (nSPS) is 14.2. The van der Waals surface area contributed by atoms with Crippen LogP contribution in [0.3, 0.4) is 0 Å². The highest BCUT2D eigenvalue weighted by Crippen LogP contribution is 2.11. The zero-order valence-electron chi connectivity index (χ0n) is 12.8. The van der Waals surface area contributed by atoms with Crippen LogP contribution in [0.2, 0.25) is 0 Å². The number of nitrogens with one attached hydrogen (secondary N) is 1. The first-order valence-electron chi connectivity index (χ1n) is 7.31. The smallest absolute Gasteiger partial charge is 0.0486 e. The molecular weight excluding hydrogens is 270 g/mol. The van der Waals surface area contributed by atoms with Crippen molar-refractivity contribution in [2.75, 3.05) is 18.9 Å². The Balaban J connectivity index is 2.55. The molecule has 0 fully saturated rings. The lowest BCUT2D eigenvalue weighted by molar-refractivity contribution is 0.270. The molecule has 0 saturated carbocycles. The molecule has 0 aromatic heterocycles. The minimum Gasteiger partial charge on any atom is -0.396 e. The van der Waals surface area contributed by atoms with Crippen LogP contribution in [0.25, 0.3) is 0 Å². The highest BCUT2D eigenvalue weighted by molar-refractivity contribution is 7.84. The number of rotatable bonds is 9. The summed E-state index contributed by atoms with van der Waals surface area (Å²) in [5.41, 5.74) is 3.57. The predicted molar refractivity (Wildman–Crippen MR) is 86.4 cm³/mol. The first-order chi connectivity index (χ1) is 9.55. The van der Waals surface area contributed by atoms with E-state index < -0.39 is 10.8 Å². The summed E-state index contributed by atoms with van der Waals surface area (Å²) in [6, 6.07) is 6.48. The maximum absolute atomic E-state index is 12.3. The van der Waals surface area contributed by atoms with E-state index in [0.717, 1.165) is 18.5 Å². The first-order valence-corrected chi connectivity index (χ1v) is 8.80. The molecule has 2 unspecified atom stereocenters. The summed E-state index contributed by atoms with van der Waals surface area (Å²) in [6.45, 7) is 7.29. The molecule has 4 heteroatoms. The van der Waals surface area contributed by atoms with E-state index in [1.165, 1.54) is 11.1 Å². The van der Waals surface area contributed by atoms with Gasteiger partial charge in [0.1, 0.15) is 0 Å². The van der Waals surface area contributed by atoms with E-state index in [1.54, 1.807) is 0 Å². The number of hydrogen-bond acceptors (Lipinski definition) is 3. The lowest BCUT2D eigenvalue weighted by atomic mass is 10.1. The van der Waals surface area contributed by atoms with E-state index in [2.05, 4.69) is 44.3 Å². The van der Waals surface area contributed by atoms with Crippen LogP contribution in [0.15, 0.2) is 18.2 Å². The molecule has 0 aliphatic rings. The minimum atomic E-state index is -0.896. The minimum absolute atomic E-state index is 0.141. The van der Waals surface area contributed by atoms with Crippen LogP contribution >= 0.6 is 0 Å². The monoisotopic (exact) mass is 297 g/mol. The van der Waals surface area contributed by atoms with Gasteiger partial charge in [-0.05, 0) is 38.8 Å². The maximum atomic E-state index is 12.3. The molecule has 0 radical (unpaired) electrons. The lowest BCUT2D eigenvalue weighted by Crippen LogP contribution is -2.35. The topological polar surface area (TPSA) is 49.3 Å². The van der Waals surface area contributed by atoms with E-state index >= 15 is 0 Å². The molecule has 1 aromatic rings. The zero-order chi connectivity index (χ0) is 15.0. The van der Waals surface area contributed by atoms with Crippen molar-refractivity contribution in [1.29, 1.82) is 0 Å². The molecule has 1 aromatic carbocycles. The third kappa shape index (κ3) is 6.64. The van der Waals surface area contributed by atoms with Crippen molar-refractivity contribution in [2.24, 2.45) is 0 Å². The third-order valence-electron chi connectivity index (χ3n) is 3.16. The van der Waals surface area contributed by atoms with Crippen LogP contribution < -0.4 is 5.32 Å². The van der Waals surface area contributed by atoms with Crippen molar-refractivity contribution >= 4 is 10.8 Å². The summed E-state index contributed by atoms with van der Waals surface area (Å²) in [4.78, 5) is 0. The summed E-state index contributed by atoms with van der Waals surface area (Å²) in [5, 5.41) is 12.4. The molecule has 114 valence electrons. The fourth-order valence-corrected chi connectivity index (χ4v) is 3.76. The second kappa shape index (κ2) is 9.27. The molecule has 2 atom stereocenters. The van der Waals surface area contributed by atoms with Gasteiger partial charge in [-0.15, -0.1) is 0 Å². The molecule has 1 rings (SSSR count). The molecule has 0 spiro atoms. The van der Waals surface area contributed by atoms with Crippen LogP contribution in [0.5, 0.6) is 0 Å². The van der Waals surface area contributed by atoms with Gasteiger partial charge < -0.3 is 10.4 Å². The molecule has 0 aliphatic heterocycles. The van der Waals surface area contributed by atoms with E-state index in [9.17, 15) is 4.21 Å². The molecule has 2 N–H and O–H groups in total. The number of hydrogen-bond donors (Lipinski definition) is 2. The maximum Gasteiger partial charge on any atom is 0.0486 e. The number of aliphatic hydroxyl groups is 1. The van der Waals surface area contributed by atoms with E-state index in [4.69, 9.17) is 5.11 Å². The van der Waals surface area contributed by atoms with Gasteiger partial charge in [0, 0.05) is 35.0 Å². The van der Waals surface area contributed by atoms with Crippen LogP contribution in [-0.4, -0.2) is 34.3 Å². The summed E-state index contributed by atoms with van der Waals surface area (Å²) >= 11 is 0. The van der Waals surface area contributed by atoms with Crippen LogP contribution in [0, 0.1) is 13.8 Å². The molecule has 0 aliphatic carbocycles. The summed E-state index contributed by atoms with van der Waals surface area (Å²) in [7, 11) is -0.896. The van der Waals surface area contributed by atoms with Gasteiger partial charge in [-0.25, -0.2) is 0 Å². The molecule has 0 heterocycles. The van der Waals surface area contributed by atoms with Gasteiger partial charge in [-0.2, -0.15) is 0 Å². The van der Waals surface area contributed by atoms with Crippen molar-refractivity contribution in [3.63, 3.8) is 0 Å². The first kappa shape index (κ1) is 17.3. The Morgan fingerprint density at radius 3 is 2.45 bits per heavy atom. The van der Waals surface area contributed by atoms with Gasteiger partial charge in [0.2, 0.25) is 0 Å². The van der Waals surface area contributed by atoms with Crippen molar-refractivity contribution in [3.05, 3.63) is 34.9 Å². The number of benzene rings is 1. The molecular formula is C16H27NO2S. The zero-order valence-corrected chi connectivity index (χ0v) is 13.6. The van der Waals surface area contributed by atoms with Crippen molar-refractivity contribution in [2.45, 2.75) is 45.4 Å². The van der Waals surface area contributed by atoms with E-state index in [1.807, 2.05) is 0 Å². The van der Waals surface area contributed by atoms with Crippen molar-refractivity contribution in [3.8, 4) is 0 Å². The van der Waals surface area contributed by atoms with E-state index in [0.29, 0.717) is 17.9 Å². The fourth-order valence-electron chi connectivity index (χ4n) is 2.37. The number of aliphatic hydroxyl groups excluding tert-OH is 1. The standard InChI is InChI=1S/C16H27NO2S/c1-4-6-17-16(5-7-18)12-20(19)11-15-9-13(2)8-14(3)10-15/h8-10,16-18H,4-7,11-12H2,1-3H3. The quantitative estimate of drug-likeness (QED) is 0.735. The summed E-state index contributed by atoms with van der Waals surface area (Å²) in [6.07, 6.45) is 1.71. The Morgan fingerprint density at radius 1 is 1.25 bits per heavy atom. The Morgan fingerprint density at radius 2 is 1.90 bits per heavy atom. The average molecular weight is 297 g/mol. The van der Waals surface area contributed by atoms with Gasteiger partial charge in [-0.1, -0.05) is 36.2 Å². The van der Waals surface area contributed by atoms with Crippen molar-refractivity contribution in [1.82, 2.24) is 5.32 Å². The van der Waals surface area contributed by atoms with Gasteiger partial charge in [0.05, 0.1) is 0 Å². The average Bonchev–Trinajstić information content (AvgIpc) is 2.34. The van der Waals surface area contributed by atoms with Gasteiger partial charge in [-0.3, -0.25) is 4.21 Å². The molecule has 0 saturated heterocycles. The lowest BCUT2D eigenvalue weighted by Gasteiger charge is -2.17. The Labute approximate surface area is 125 Å². The molecule has 3 nitrogen and oxygen atoms in total. The second-order valence-electron chi connectivity index (χ2n) is 5.41. The molecule has 20 heavy (non-hydrogen) atoms. The van der Waals surface area contributed by atoms with Gasteiger partial charge in [0.25, 0.3) is 0 Å². The highest BCUT2D eigenvalue weighted by Gasteiger charge is 2.12. The Hall–Kier alpha value is -0.710. The second-order valence-corrected chi connectivity index (χ2v) is 6.91. The van der Waals surface area contributed by atoms with Gasteiger partial charge in [0.15, 0.2) is 0 Å². The van der Waals surface area contributed by atoms with Crippen LogP contribution in [-0.2, 0) is 16.6 Å². The summed E-state index contributed by atoms with van der Waals surface area (Å²) < 4.78 is 12.3. The van der Waals surface area contributed by atoms with Gasteiger partial charge >= 0.3 is 0 Å². The van der Waals surface area contributed by atoms with E-state index in [-0.39, 0.29) is 12.6 Å². The molecule has 0 amide bonds. The summed E-state index contributed by atoms with van der Waals surface area (Å²) in [5.74, 6) is 1.20. The molecule has 0 bridgehead atoms. The van der Waals surface area contributed by atoms with Crippen LogP contribution in [0.4, 0.5) is 0 Å². The fraction of sp³-hybridized carbons (Fsp3) is 0.625. The SMILES string of the molecule is CCCNC(CCO)CS(=O)Cc1cc(C)cc(C)c1.